The van der Waals surface area contributed by atoms with Crippen LogP contribution in [0.5, 0.6) is 0 Å². The number of aliphatic carboxylic acids is 1. The van der Waals surface area contributed by atoms with E-state index in [0.29, 0.717) is 12.8 Å². The lowest BCUT2D eigenvalue weighted by atomic mass is 9.88. The molecule has 0 aromatic heterocycles. The molecule has 116 valence electrons. The highest BCUT2D eigenvalue weighted by molar-refractivity contribution is 6.07. The second kappa shape index (κ2) is 8.37. The summed E-state index contributed by atoms with van der Waals surface area (Å²) in [5.41, 5.74) is -1.68. The minimum Gasteiger partial charge on any atom is -0.479 e. The first kappa shape index (κ1) is 17.1. The highest BCUT2D eigenvalue weighted by atomic mass is 16.5. The molecule has 1 atom stereocenters. The lowest BCUT2D eigenvalue weighted by molar-refractivity contribution is -0.187. The number of hydroxylamine groups is 2. The highest BCUT2D eigenvalue weighted by Crippen LogP contribution is 2.30. The minimum absolute atomic E-state index is 0.216. The van der Waals surface area contributed by atoms with Gasteiger partial charge in [0.15, 0.2) is 5.78 Å². The maximum atomic E-state index is 12.2. The average Bonchev–Trinajstić information content (AvgIpc) is 2.80. The number of nitrogens with zero attached hydrogens (tertiary/aromatic N) is 1. The first-order valence-corrected chi connectivity index (χ1v) is 7.79. The molecule has 20 heavy (non-hydrogen) atoms. The van der Waals surface area contributed by atoms with Crippen molar-refractivity contribution >= 4 is 11.8 Å². The van der Waals surface area contributed by atoms with Crippen LogP contribution >= 0.6 is 0 Å². The number of carbonyl (C=O) groups excluding carboxylic acids is 1. The van der Waals surface area contributed by atoms with Gasteiger partial charge in [-0.05, 0) is 19.3 Å². The molecule has 0 spiro atoms. The fourth-order valence-electron chi connectivity index (χ4n) is 2.87. The van der Waals surface area contributed by atoms with Crippen molar-refractivity contribution in [1.82, 2.24) is 5.06 Å². The summed E-state index contributed by atoms with van der Waals surface area (Å²) in [6.07, 6.45) is 8.65. The lowest BCUT2D eigenvalue weighted by Gasteiger charge is -2.28. The number of carbonyl (C=O) groups is 2. The molecule has 1 heterocycles. The molecular formula is C15H27NO4. The van der Waals surface area contributed by atoms with Crippen LogP contribution in [0.25, 0.3) is 0 Å². The van der Waals surface area contributed by atoms with Crippen LogP contribution in [0, 0.1) is 0 Å². The van der Waals surface area contributed by atoms with Crippen LogP contribution in [0.2, 0.25) is 0 Å². The zero-order chi connectivity index (χ0) is 15.0. The molecule has 0 bridgehead atoms. The Labute approximate surface area is 120 Å². The van der Waals surface area contributed by atoms with Crippen molar-refractivity contribution in [2.45, 2.75) is 76.7 Å². The molecule has 0 aliphatic carbocycles. The molecule has 1 unspecified atom stereocenters. The smallest absolute Gasteiger partial charge is 0.334 e. The zero-order valence-corrected chi connectivity index (χ0v) is 12.4. The van der Waals surface area contributed by atoms with Gasteiger partial charge in [0.2, 0.25) is 5.54 Å². The van der Waals surface area contributed by atoms with Crippen LogP contribution < -0.4 is 0 Å². The molecule has 1 aliphatic heterocycles. The van der Waals surface area contributed by atoms with E-state index >= 15 is 0 Å². The Morgan fingerprint density at radius 2 is 1.70 bits per heavy atom. The molecule has 5 heteroatoms. The molecule has 0 aromatic rings. The predicted molar refractivity (Wildman–Crippen MR) is 75.7 cm³/mol. The second-order valence-corrected chi connectivity index (χ2v) is 5.69. The number of unbranched alkanes of at least 4 members (excludes halogenated alkanes) is 6. The lowest BCUT2D eigenvalue weighted by Crippen LogP contribution is -2.55. The van der Waals surface area contributed by atoms with Gasteiger partial charge in [-0.15, -0.1) is 0 Å². The van der Waals surface area contributed by atoms with Crippen LogP contribution in [0.1, 0.15) is 71.1 Å². The van der Waals surface area contributed by atoms with Gasteiger partial charge in [0.25, 0.3) is 0 Å². The van der Waals surface area contributed by atoms with Crippen molar-refractivity contribution in [2.24, 2.45) is 0 Å². The number of carboxylic acid groups (broad SMARTS) is 1. The molecule has 0 aromatic carbocycles. The summed E-state index contributed by atoms with van der Waals surface area (Å²) in [4.78, 5) is 23.5. The standard InChI is InChI=1S/C15H27NO4/c1-2-3-4-5-6-7-8-10-13(17)15(14(18)19)11-9-12-16(15)20/h20H,2-12H2,1H3,(H,18,19). The Morgan fingerprint density at radius 3 is 2.20 bits per heavy atom. The summed E-state index contributed by atoms with van der Waals surface area (Å²) < 4.78 is 0. The van der Waals surface area contributed by atoms with Gasteiger partial charge in [-0.2, -0.15) is 5.06 Å². The van der Waals surface area contributed by atoms with Gasteiger partial charge in [0, 0.05) is 13.0 Å². The van der Waals surface area contributed by atoms with E-state index in [2.05, 4.69) is 6.92 Å². The van der Waals surface area contributed by atoms with Gasteiger partial charge in [0.05, 0.1) is 0 Å². The van der Waals surface area contributed by atoms with Crippen molar-refractivity contribution in [3.63, 3.8) is 0 Å². The molecule has 1 fully saturated rings. The fraction of sp³-hybridized carbons (Fsp3) is 0.867. The average molecular weight is 285 g/mol. The second-order valence-electron chi connectivity index (χ2n) is 5.69. The van der Waals surface area contributed by atoms with E-state index in [0.717, 1.165) is 17.9 Å². The number of ketones is 1. The first-order valence-electron chi connectivity index (χ1n) is 7.79. The van der Waals surface area contributed by atoms with Crippen LogP contribution in [0.15, 0.2) is 0 Å². The van der Waals surface area contributed by atoms with Gasteiger partial charge in [0.1, 0.15) is 0 Å². The van der Waals surface area contributed by atoms with E-state index in [9.17, 15) is 19.9 Å². The Morgan fingerprint density at radius 1 is 1.10 bits per heavy atom. The molecule has 2 N–H and O–H groups in total. The molecule has 1 aliphatic rings. The van der Waals surface area contributed by atoms with E-state index in [4.69, 9.17) is 0 Å². The zero-order valence-electron chi connectivity index (χ0n) is 12.4. The normalized spacial score (nSPS) is 23.1. The number of hydrogen-bond acceptors (Lipinski definition) is 4. The predicted octanol–water partition coefficient (Wildman–Crippen LogP) is 3.00. The summed E-state index contributed by atoms with van der Waals surface area (Å²) in [5.74, 6) is -1.57. The van der Waals surface area contributed by atoms with Crippen molar-refractivity contribution in [2.75, 3.05) is 6.54 Å². The Kier molecular flexibility index (Phi) is 7.16. The third-order valence-corrected chi connectivity index (χ3v) is 4.17. The van der Waals surface area contributed by atoms with Gasteiger partial charge in [-0.1, -0.05) is 45.4 Å². The third kappa shape index (κ3) is 4.03. The molecule has 0 amide bonds. The Bertz CT molecular complexity index is 332. The van der Waals surface area contributed by atoms with E-state index in [1.165, 1.54) is 25.7 Å². The molecule has 0 radical (unpaired) electrons. The minimum atomic E-state index is -1.68. The third-order valence-electron chi connectivity index (χ3n) is 4.17. The SMILES string of the molecule is CCCCCCCCCC(=O)C1(C(=O)O)CCCN1O. The summed E-state index contributed by atoms with van der Waals surface area (Å²) in [6.45, 7) is 2.43. The number of rotatable bonds is 10. The quantitative estimate of drug-likeness (QED) is 0.476. The van der Waals surface area contributed by atoms with Gasteiger partial charge in [-0.3, -0.25) is 4.79 Å². The topological polar surface area (TPSA) is 77.8 Å². The largest absolute Gasteiger partial charge is 0.479 e. The van der Waals surface area contributed by atoms with Crippen molar-refractivity contribution in [3.8, 4) is 0 Å². The van der Waals surface area contributed by atoms with Gasteiger partial charge < -0.3 is 10.3 Å². The fourth-order valence-corrected chi connectivity index (χ4v) is 2.87. The van der Waals surface area contributed by atoms with E-state index in [-0.39, 0.29) is 25.2 Å². The summed E-state index contributed by atoms with van der Waals surface area (Å²) in [6, 6.07) is 0. The van der Waals surface area contributed by atoms with Crippen molar-refractivity contribution in [3.05, 3.63) is 0 Å². The van der Waals surface area contributed by atoms with Crippen molar-refractivity contribution < 1.29 is 19.9 Å². The summed E-state index contributed by atoms with van der Waals surface area (Å²) in [5, 5.41) is 19.7. The number of hydrogen-bond donors (Lipinski definition) is 2. The Balaban J connectivity index is 2.32. The maximum Gasteiger partial charge on any atom is 0.334 e. The summed E-state index contributed by atoms with van der Waals surface area (Å²) >= 11 is 0. The van der Waals surface area contributed by atoms with Crippen molar-refractivity contribution in [1.29, 1.82) is 0 Å². The molecule has 0 saturated carbocycles. The van der Waals surface area contributed by atoms with E-state index < -0.39 is 11.5 Å². The van der Waals surface area contributed by atoms with E-state index in [1.54, 1.807) is 0 Å². The monoisotopic (exact) mass is 285 g/mol. The van der Waals surface area contributed by atoms with Gasteiger partial charge >= 0.3 is 5.97 Å². The Hall–Kier alpha value is -0.940. The van der Waals surface area contributed by atoms with Gasteiger partial charge in [-0.25, -0.2) is 4.79 Å². The van der Waals surface area contributed by atoms with Crippen LogP contribution in [-0.4, -0.2) is 39.2 Å². The first-order chi connectivity index (χ1) is 9.55. The van der Waals surface area contributed by atoms with Crippen LogP contribution in [0.3, 0.4) is 0 Å². The summed E-state index contributed by atoms with van der Waals surface area (Å²) in [7, 11) is 0. The molecule has 1 rings (SSSR count). The van der Waals surface area contributed by atoms with E-state index in [1.807, 2.05) is 0 Å². The molecular weight excluding hydrogens is 258 g/mol. The maximum absolute atomic E-state index is 12.2. The number of carboxylic acids is 1. The molecule has 5 nitrogen and oxygen atoms in total. The van der Waals surface area contributed by atoms with Crippen LogP contribution in [0.4, 0.5) is 0 Å². The van der Waals surface area contributed by atoms with Crippen LogP contribution in [-0.2, 0) is 9.59 Å². The highest BCUT2D eigenvalue weighted by Gasteiger charge is 2.53. The number of Topliss-reactive ketones (excluding diaryl/α,β-unsaturated/α-hetero) is 1. The molecule has 1 saturated heterocycles.